The van der Waals surface area contributed by atoms with E-state index in [-0.39, 0.29) is 6.10 Å². The first-order valence-corrected chi connectivity index (χ1v) is 7.90. The number of epoxide rings is 1. The van der Waals surface area contributed by atoms with Crippen molar-refractivity contribution >= 4 is 0 Å². The Kier molecular flexibility index (Phi) is 4.13. The molecule has 1 aromatic heterocycles. The first-order chi connectivity index (χ1) is 11.9. The summed E-state index contributed by atoms with van der Waals surface area (Å²) >= 11 is 0. The lowest BCUT2D eigenvalue weighted by Gasteiger charge is -2.12. The first-order valence-electron chi connectivity index (χ1n) is 7.90. The van der Waals surface area contributed by atoms with Crippen molar-refractivity contribution in [2.45, 2.75) is 6.10 Å². The number of benzene rings is 2. The molecule has 120 valence electrons. The topological polar surface area (TPSA) is 43.9 Å². The van der Waals surface area contributed by atoms with Gasteiger partial charge in [-0.2, -0.15) is 0 Å². The van der Waals surface area contributed by atoms with Crippen LogP contribution in [0.1, 0.15) is 0 Å². The Hall–Kier alpha value is -2.85. The molecule has 2 heterocycles. The van der Waals surface area contributed by atoms with Gasteiger partial charge < -0.3 is 14.2 Å². The fraction of sp³-hybridized carbons (Fsp3) is 0.150. The molecule has 0 N–H and O–H groups in total. The number of nitrogens with zero attached hydrogens (tertiary/aromatic N) is 1. The molecule has 0 radical (unpaired) electrons. The molecule has 1 saturated heterocycles. The average Bonchev–Trinajstić information content (AvgIpc) is 3.46. The van der Waals surface area contributed by atoms with Crippen LogP contribution in [0.2, 0.25) is 0 Å². The molecular weight excluding hydrogens is 302 g/mol. The van der Waals surface area contributed by atoms with Crippen molar-refractivity contribution < 1.29 is 14.2 Å². The number of rotatable bonds is 6. The summed E-state index contributed by atoms with van der Waals surface area (Å²) in [5.74, 6) is 2.42. The molecule has 4 rings (SSSR count). The molecule has 0 spiro atoms. The minimum Gasteiger partial charge on any atom is -0.491 e. The quantitative estimate of drug-likeness (QED) is 0.635. The number of hydrogen-bond acceptors (Lipinski definition) is 4. The van der Waals surface area contributed by atoms with Gasteiger partial charge in [0.25, 0.3) is 0 Å². The van der Waals surface area contributed by atoms with Crippen molar-refractivity contribution in [3.63, 3.8) is 0 Å². The summed E-state index contributed by atoms with van der Waals surface area (Å²) in [7, 11) is 0. The van der Waals surface area contributed by atoms with Crippen LogP contribution in [-0.4, -0.2) is 24.3 Å². The van der Waals surface area contributed by atoms with Crippen molar-refractivity contribution in [2.75, 3.05) is 13.2 Å². The summed E-state index contributed by atoms with van der Waals surface area (Å²) in [5, 5.41) is 0. The van der Waals surface area contributed by atoms with Crippen LogP contribution < -0.4 is 9.47 Å². The second-order valence-electron chi connectivity index (χ2n) is 5.57. The van der Waals surface area contributed by atoms with Crippen molar-refractivity contribution in [3.8, 4) is 28.4 Å². The van der Waals surface area contributed by atoms with Crippen LogP contribution >= 0.6 is 0 Å². The maximum absolute atomic E-state index is 5.99. The molecule has 3 aromatic rings. The summed E-state index contributed by atoms with van der Waals surface area (Å²) in [5.41, 5.74) is 2.11. The molecule has 4 nitrogen and oxygen atoms in total. The molecule has 1 fully saturated rings. The van der Waals surface area contributed by atoms with Gasteiger partial charge >= 0.3 is 0 Å². The van der Waals surface area contributed by atoms with E-state index in [1.165, 1.54) is 0 Å². The van der Waals surface area contributed by atoms with Crippen LogP contribution in [0.25, 0.3) is 11.1 Å². The maximum Gasteiger partial charge on any atom is 0.135 e. The lowest BCUT2D eigenvalue weighted by Crippen LogP contribution is -2.03. The normalized spacial score (nSPS) is 15.8. The minimum atomic E-state index is 0.263. The van der Waals surface area contributed by atoms with Gasteiger partial charge in [-0.05, 0) is 35.9 Å². The molecule has 1 aliphatic heterocycles. The standard InChI is InChI=1S/C20H17NO3/c1-2-4-20(24-17-9-11-21-12-10-17)19(3-1)15-5-7-16(8-6-15)22-13-18-14-23-18/h1-12,18H,13-14H2. The van der Waals surface area contributed by atoms with Gasteiger partial charge in [-0.25, -0.2) is 0 Å². The molecule has 1 aliphatic rings. The zero-order chi connectivity index (χ0) is 16.2. The highest BCUT2D eigenvalue weighted by Crippen LogP contribution is 2.33. The van der Waals surface area contributed by atoms with E-state index in [1.807, 2.05) is 60.7 Å². The predicted octanol–water partition coefficient (Wildman–Crippen LogP) is 4.32. The van der Waals surface area contributed by atoms with E-state index < -0.39 is 0 Å². The maximum atomic E-state index is 5.99. The van der Waals surface area contributed by atoms with Gasteiger partial charge in [-0.15, -0.1) is 0 Å². The Morgan fingerprint density at radius 1 is 0.917 bits per heavy atom. The van der Waals surface area contributed by atoms with E-state index in [0.717, 1.165) is 35.0 Å². The molecule has 1 unspecified atom stereocenters. The predicted molar refractivity (Wildman–Crippen MR) is 91.4 cm³/mol. The van der Waals surface area contributed by atoms with Crippen LogP contribution in [0.3, 0.4) is 0 Å². The zero-order valence-electron chi connectivity index (χ0n) is 13.1. The SMILES string of the molecule is c1ccc(-c2ccc(OCC3CO3)cc2)c(Oc2ccncc2)c1. The third kappa shape index (κ3) is 3.55. The molecule has 0 amide bonds. The Morgan fingerprint density at radius 2 is 1.67 bits per heavy atom. The van der Waals surface area contributed by atoms with Crippen LogP contribution in [0, 0.1) is 0 Å². The van der Waals surface area contributed by atoms with E-state index >= 15 is 0 Å². The van der Waals surface area contributed by atoms with Gasteiger partial charge in [0.2, 0.25) is 0 Å². The molecule has 24 heavy (non-hydrogen) atoms. The number of para-hydroxylation sites is 1. The van der Waals surface area contributed by atoms with E-state index in [0.29, 0.717) is 6.61 Å². The van der Waals surface area contributed by atoms with Gasteiger partial charge in [-0.1, -0.05) is 30.3 Å². The van der Waals surface area contributed by atoms with Gasteiger partial charge in [0.1, 0.15) is 30.0 Å². The second-order valence-corrected chi connectivity index (χ2v) is 5.57. The van der Waals surface area contributed by atoms with Gasteiger partial charge in [0.05, 0.1) is 6.61 Å². The monoisotopic (exact) mass is 319 g/mol. The minimum absolute atomic E-state index is 0.263. The number of pyridine rings is 1. The molecule has 0 aliphatic carbocycles. The van der Waals surface area contributed by atoms with E-state index in [9.17, 15) is 0 Å². The lowest BCUT2D eigenvalue weighted by atomic mass is 10.0. The summed E-state index contributed by atoms with van der Waals surface area (Å²) in [4.78, 5) is 4.01. The summed E-state index contributed by atoms with van der Waals surface area (Å²) in [6, 6.07) is 19.7. The Bertz CT molecular complexity index is 799. The smallest absolute Gasteiger partial charge is 0.135 e. The first kappa shape index (κ1) is 14.7. The van der Waals surface area contributed by atoms with Gasteiger partial charge in [-0.3, -0.25) is 4.98 Å². The average molecular weight is 319 g/mol. The lowest BCUT2D eigenvalue weighted by molar-refractivity contribution is 0.263. The number of aromatic nitrogens is 1. The van der Waals surface area contributed by atoms with E-state index in [1.54, 1.807) is 12.4 Å². The van der Waals surface area contributed by atoms with Crippen molar-refractivity contribution in [3.05, 3.63) is 73.1 Å². The van der Waals surface area contributed by atoms with Crippen LogP contribution in [0.4, 0.5) is 0 Å². The highest BCUT2D eigenvalue weighted by Gasteiger charge is 2.23. The fourth-order valence-electron chi connectivity index (χ4n) is 2.41. The Morgan fingerprint density at radius 3 is 2.42 bits per heavy atom. The van der Waals surface area contributed by atoms with Crippen molar-refractivity contribution in [1.82, 2.24) is 4.98 Å². The Balaban J connectivity index is 1.54. The van der Waals surface area contributed by atoms with Crippen LogP contribution in [0.5, 0.6) is 17.2 Å². The third-order valence-electron chi connectivity index (χ3n) is 3.77. The third-order valence-corrected chi connectivity index (χ3v) is 3.77. The molecule has 2 aromatic carbocycles. The van der Waals surface area contributed by atoms with Crippen molar-refractivity contribution in [2.24, 2.45) is 0 Å². The van der Waals surface area contributed by atoms with Gasteiger partial charge in [0.15, 0.2) is 0 Å². The molecule has 0 bridgehead atoms. The summed E-state index contributed by atoms with van der Waals surface area (Å²) in [6.07, 6.45) is 3.69. The van der Waals surface area contributed by atoms with Crippen LogP contribution in [0.15, 0.2) is 73.1 Å². The largest absolute Gasteiger partial charge is 0.491 e. The molecule has 4 heteroatoms. The molecule has 0 saturated carbocycles. The van der Waals surface area contributed by atoms with E-state index in [2.05, 4.69) is 4.98 Å². The number of ether oxygens (including phenoxy) is 3. The highest BCUT2D eigenvalue weighted by atomic mass is 16.6. The van der Waals surface area contributed by atoms with Crippen molar-refractivity contribution in [1.29, 1.82) is 0 Å². The van der Waals surface area contributed by atoms with Gasteiger partial charge in [0, 0.05) is 18.0 Å². The molecule has 1 atom stereocenters. The highest BCUT2D eigenvalue weighted by molar-refractivity contribution is 5.71. The Labute approximate surface area is 140 Å². The second kappa shape index (κ2) is 6.72. The van der Waals surface area contributed by atoms with Crippen LogP contribution in [-0.2, 0) is 4.74 Å². The summed E-state index contributed by atoms with van der Waals surface area (Å²) in [6.45, 7) is 1.42. The molecular formula is C20H17NO3. The fourth-order valence-corrected chi connectivity index (χ4v) is 2.41. The number of hydrogen-bond donors (Lipinski definition) is 0. The summed E-state index contributed by atoms with van der Waals surface area (Å²) < 4.78 is 16.8. The van der Waals surface area contributed by atoms with E-state index in [4.69, 9.17) is 14.2 Å². The zero-order valence-corrected chi connectivity index (χ0v) is 13.1.